The van der Waals surface area contributed by atoms with Gasteiger partial charge in [0.05, 0.1) is 25.4 Å². The van der Waals surface area contributed by atoms with Gasteiger partial charge in [-0.05, 0) is 23.8 Å². The molecule has 0 saturated carbocycles. The highest BCUT2D eigenvalue weighted by Crippen LogP contribution is 2.41. The van der Waals surface area contributed by atoms with Crippen LogP contribution in [0.1, 0.15) is 46.6 Å². The summed E-state index contributed by atoms with van der Waals surface area (Å²) in [5.41, 5.74) is 1.16. The first-order valence-corrected chi connectivity index (χ1v) is 11.2. The van der Waals surface area contributed by atoms with E-state index >= 15 is 0 Å². The van der Waals surface area contributed by atoms with Gasteiger partial charge in [0.25, 0.3) is 0 Å². The summed E-state index contributed by atoms with van der Waals surface area (Å²) in [6.07, 6.45) is 0.370. The highest BCUT2D eigenvalue weighted by Gasteiger charge is 2.52. The molecule has 3 heterocycles. The van der Waals surface area contributed by atoms with Gasteiger partial charge in [0.1, 0.15) is 12.2 Å². The molecule has 3 aliphatic rings. The SMILES string of the molecule is CCC1OC(OC2C3COC(O3)[C@H](C)[C@@H]2OCc2ccccc2)[C@H](C)[C@@H](C)C1C. The molecule has 0 aromatic heterocycles. The van der Waals surface area contributed by atoms with E-state index in [0.717, 1.165) is 12.0 Å². The van der Waals surface area contributed by atoms with Crippen LogP contribution in [-0.2, 0) is 30.3 Å². The van der Waals surface area contributed by atoms with Gasteiger partial charge in [0.15, 0.2) is 12.6 Å². The minimum absolute atomic E-state index is 0.0908. The van der Waals surface area contributed by atoms with Crippen LogP contribution < -0.4 is 0 Å². The fraction of sp³-hybridized carbons (Fsp3) is 0.750. The van der Waals surface area contributed by atoms with E-state index in [1.807, 2.05) is 18.2 Å². The Morgan fingerprint density at radius 1 is 0.897 bits per heavy atom. The molecular formula is C24H36O5. The molecule has 0 spiro atoms. The van der Waals surface area contributed by atoms with Crippen LogP contribution in [0.2, 0.25) is 0 Å². The lowest BCUT2D eigenvalue weighted by atomic mass is 9.78. The molecule has 3 saturated heterocycles. The second kappa shape index (κ2) is 9.03. The van der Waals surface area contributed by atoms with Gasteiger partial charge >= 0.3 is 0 Å². The zero-order valence-electron chi connectivity index (χ0n) is 18.3. The summed E-state index contributed by atoms with van der Waals surface area (Å²) in [5.74, 6) is 1.48. The Balaban J connectivity index is 1.49. The van der Waals surface area contributed by atoms with Crippen molar-refractivity contribution < 1.29 is 23.7 Å². The summed E-state index contributed by atoms with van der Waals surface area (Å²) in [4.78, 5) is 0. The topological polar surface area (TPSA) is 46.2 Å². The molecule has 3 aliphatic heterocycles. The maximum Gasteiger partial charge on any atom is 0.163 e. The van der Waals surface area contributed by atoms with E-state index in [-0.39, 0.29) is 42.9 Å². The van der Waals surface area contributed by atoms with Gasteiger partial charge in [-0.25, -0.2) is 0 Å². The Kier molecular flexibility index (Phi) is 6.62. The molecule has 10 atom stereocenters. The molecule has 6 unspecified atom stereocenters. The summed E-state index contributed by atoms with van der Waals surface area (Å²) in [6.45, 7) is 12.3. The molecule has 5 heteroatoms. The van der Waals surface area contributed by atoms with Crippen LogP contribution in [0.25, 0.3) is 0 Å². The molecule has 2 bridgehead atoms. The van der Waals surface area contributed by atoms with E-state index in [1.165, 1.54) is 0 Å². The molecule has 0 aliphatic carbocycles. The van der Waals surface area contributed by atoms with Crippen molar-refractivity contribution in [1.82, 2.24) is 0 Å². The van der Waals surface area contributed by atoms with Crippen molar-refractivity contribution in [2.24, 2.45) is 23.7 Å². The van der Waals surface area contributed by atoms with Gasteiger partial charge in [-0.1, -0.05) is 65.0 Å². The predicted octanol–water partition coefficient (Wildman–Crippen LogP) is 4.39. The van der Waals surface area contributed by atoms with Gasteiger partial charge in [0, 0.05) is 11.8 Å². The third-order valence-electron chi connectivity index (χ3n) is 7.33. The molecule has 1 aromatic rings. The molecule has 5 nitrogen and oxygen atoms in total. The molecule has 3 fully saturated rings. The molecular weight excluding hydrogens is 368 g/mol. The van der Waals surface area contributed by atoms with E-state index in [4.69, 9.17) is 23.7 Å². The van der Waals surface area contributed by atoms with Crippen LogP contribution in [0.4, 0.5) is 0 Å². The molecule has 0 N–H and O–H groups in total. The lowest BCUT2D eigenvalue weighted by Crippen LogP contribution is -2.56. The van der Waals surface area contributed by atoms with E-state index in [0.29, 0.717) is 31.0 Å². The number of hydrogen-bond acceptors (Lipinski definition) is 5. The van der Waals surface area contributed by atoms with Crippen molar-refractivity contribution in [1.29, 1.82) is 0 Å². The summed E-state index contributed by atoms with van der Waals surface area (Å²) in [5, 5.41) is 0. The van der Waals surface area contributed by atoms with E-state index < -0.39 is 0 Å². The monoisotopic (exact) mass is 404 g/mol. The Bertz CT molecular complexity index is 650. The number of hydrogen-bond donors (Lipinski definition) is 0. The Morgan fingerprint density at radius 2 is 1.66 bits per heavy atom. The van der Waals surface area contributed by atoms with Crippen LogP contribution in [0.3, 0.4) is 0 Å². The maximum absolute atomic E-state index is 6.64. The summed E-state index contributed by atoms with van der Waals surface area (Å²) >= 11 is 0. The van der Waals surface area contributed by atoms with Gasteiger partial charge in [-0.2, -0.15) is 0 Å². The lowest BCUT2D eigenvalue weighted by molar-refractivity contribution is -0.309. The minimum Gasteiger partial charge on any atom is -0.370 e. The maximum atomic E-state index is 6.64. The second-order valence-electron chi connectivity index (χ2n) is 9.13. The standard InChI is InChI=1S/C24H36O5/c1-6-19-15(3)14(2)16(4)24(27-19)29-22-20-13-26-23(28-20)17(5)21(22)25-12-18-10-8-7-9-11-18/h7-11,14-17,19-24H,6,12-13H2,1-5H3/t14-,15?,16+,17+,19?,20?,21-,22?,23?,24?/m0/s1. The highest BCUT2D eigenvalue weighted by atomic mass is 16.8. The molecule has 0 amide bonds. The zero-order valence-corrected chi connectivity index (χ0v) is 18.3. The average Bonchev–Trinajstić information content (AvgIpc) is 3.19. The summed E-state index contributed by atoms with van der Waals surface area (Å²) < 4.78 is 31.4. The normalized spacial score (nSPS) is 44.7. The molecule has 0 radical (unpaired) electrons. The Hall–Kier alpha value is -0.980. The fourth-order valence-electron chi connectivity index (χ4n) is 5.00. The molecule has 1 aromatic carbocycles. The number of ether oxygens (including phenoxy) is 5. The van der Waals surface area contributed by atoms with E-state index in [2.05, 4.69) is 46.8 Å². The molecule has 162 valence electrons. The number of benzene rings is 1. The van der Waals surface area contributed by atoms with Crippen LogP contribution in [0.5, 0.6) is 0 Å². The summed E-state index contributed by atoms with van der Waals surface area (Å²) in [6, 6.07) is 10.3. The lowest BCUT2D eigenvalue weighted by Gasteiger charge is -2.47. The molecule has 29 heavy (non-hydrogen) atoms. The third-order valence-corrected chi connectivity index (χ3v) is 7.33. The second-order valence-corrected chi connectivity index (χ2v) is 9.13. The van der Waals surface area contributed by atoms with Gasteiger partial charge in [-0.3, -0.25) is 0 Å². The smallest absolute Gasteiger partial charge is 0.163 e. The van der Waals surface area contributed by atoms with Crippen LogP contribution >= 0.6 is 0 Å². The van der Waals surface area contributed by atoms with Gasteiger partial charge < -0.3 is 23.7 Å². The Labute approximate surface area is 175 Å². The minimum atomic E-state index is -0.244. The first kappa shape index (κ1) is 21.3. The van der Waals surface area contributed by atoms with Crippen molar-refractivity contribution in [3.05, 3.63) is 35.9 Å². The zero-order chi connectivity index (χ0) is 20.5. The van der Waals surface area contributed by atoms with Crippen molar-refractivity contribution >= 4 is 0 Å². The van der Waals surface area contributed by atoms with Crippen LogP contribution in [0.15, 0.2) is 30.3 Å². The van der Waals surface area contributed by atoms with Gasteiger partial charge in [0.2, 0.25) is 0 Å². The third kappa shape index (κ3) is 4.26. The largest absolute Gasteiger partial charge is 0.370 e. The Morgan fingerprint density at radius 3 is 2.38 bits per heavy atom. The van der Waals surface area contributed by atoms with E-state index in [1.54, 1.807) is 0 Å². The predicted molar refractivity (Wildman–Crippen MR) is 110 cm³/mol. The van der Waals surface area contributed by atoms with Crippen LogP contribution in [-0.4, -0.2) is 43.6 Å². The average molecular weight is 405 g/mol. The fourth-order valence-corrected chi connectivity index (χ4v) is 5.00. The van der Waals surface area contributed by atoms with Crippen molar-refractivity contribution in [3.63, 3.8) is 0 Å². The number of fused-ring (bicyclic) bond motifs is 2. The molecule has 4 rings (SSSR count). The van der Waals surface area contributed by atoms with Crippen molar-refractivity contribution in [2.45, 2.75) is 84.6 Å². The van der Waals surface area contributed by atoms with Gasteiger partial charge in [-0.15, -0.1) is 0 Å². The van der Waals surface area contributed by atoms with E-state index in [9.17, 15) is 0 Å². The first-order chi connectivity index (χ1) is 14.0. The first-order valence-electron chi connectivity index (χ1n) is 11.2. The summed E-state index contributed by atoms with van der Waals surface area (Å²) in [7, 11) is 0. The van der Waals surface area contributed by atoms with Crippen LogP contribution in [0, 0.1) is 23.7 Å². The van der Waals surface area contributed by atoms with Crippen molar-refractivity contribution in [3.8, 4) is 0 Å². The quantitative estimate of drug-likeness (QED) is 0.704. The van der Waals surface area contributed by atoms with Crippen molar-refractivity contribution in [2.75, 3.05) is 6.61 Å². The highest BCUT2D eigenvalue weighted by molar-refractivity contribution is 5.13. The number of rotatable bonds is 6.